The Labute approximate surface area is 161 Å². The number of nitrogens with zero attached hydrogens (tertiary/aromatic N) is 5. The SMILES string of the molecule is COC(=O)C1=C(C(=O)c2ccco2)[C@H](c2ccccc2[N+](=O)[O-])n2nnnc2N1. The number of allylic oxidation sites excluding steroid dienone is 1. The van der Waals surface area contributed by atoms with E-state index in [9.17, 15) is 19.7 Å². The van der Waals surface area contributed by atoms with E-state index < -0.39 is 22.7 Å². The van der Waals surface area contributed by atoms with E-state index in [0.29, 0.717) is 0 Å². The number of anilines is 1. The summed E-state index contributed by atoms with van der Waals surface area (Å²) in [5.41, 5.74) is -0.543. The van der Waals surface area contributed by atoms with Gasteiger partial charge in [0, 0.05) is 6.07 Å². The molecule has 1 atom stereocenters. The number of aromatic nitrogens is 4. The molecule has 0 fully saturated rings. The molecule has 12 nitrogen and oxygen atoms in total. The van der Waals surface area contributed by atoms with Gasteiger partial charge in [0.15, 0.2) is 5.76 Å². The predicted octanol–water partition coefficient (Wildman–Crippen LogP) is 1.50. The van der Waals surface area contributed by atoms with Gasteiger partial charge >= 0.3 is 5.97 Å². The van der Waals surface area contributed by atoms with Crippen LogP contribution in [0.5, 0.6) is 0 Å². The van der Waals surface area contributed by atoms with E-state index in [4.69, 9.17) is 9.15 Å². The fourth-order valence-electron chi connectivity index (χ4n) is 3.10. The lowest BCUT2D eigenvalue weighted by Crippen LogP contribution is -2.33. The molecule has 1 N–H and O–H groups in total. The molecule has 12 heteroatoms. The van der Waals surface area contributed by atoms with Gasteiger partial charge in [-0.3, -0.25) is 14.9 Å². The summed E-state index contributed by atoms with van der Waals surface area (Å²) in [5, 5.41) is 25.4. The van der Waals surface area contributed by atoms with Crippen LogP contribution in [0, 0.1) is 10.1 Å². The standard InChI is InChI=1S/C17H12N6O6/c1-28-16(25)13-12(15(24)11-7-4-8-29-11)14(22-17(18-13)19-20-21-22)9-5-2-3-6-10(9)23(26)27/h2-8,14H,1H3,(H,18,19,21)/t14-/m0/s1. The molecule has 146 valence electrons. The molecule has 0 radical (unpaired) electrons. The number of carbonyl (C=O) groups excluding carboxylic acids is 2. The average Bonchev–Trinajstić information content (AvgIpc) is 3.43. The lowest BCUT2D eigenvalue weighted by molar-refractivity contribution is -0.385. The van der Waals surface area contributed by atoms with Crippen molar-refractivity contribution in [2.24, 2.45) is 0 Å². The molecule has 0 amide bonds. The first-order valence-electron chi connectivity index (χ1n) is 8.21. The zero-order chi connectivity index (χ0) is 20.5. The van der Waals surface area contributed by atoms with Crippen LogP contribution in [0.25, 0.3) is 0 Å². The molecule has 1 aliphatic rings. The zero-order valence-corrected chi connectivity index (χ0v) is 14.8. The van der Waals surface area contributed by atoms with Crippen LogP contribution in [0.4, 0.5) is 11.6 Å². The Morgan fingerprint density at radius 1 is 1.28 bits per heavy atom. The lowest BCUT2D eigenvalue weighted by atomic mass is 9.90. The second-order valence-corrected chi connectivity index (χ2v) is 5.88. The van der Waals surface area contributed by atoms with Crippen molar-refractivity contribution < 1.29 is 23.7 Å². The average molecular weight is 396 g/mol. The Kier molecular flexibility index (Phi) is 4.35. The van der Waals surface area contributed by atoms with Gasteiger partial charge in [-0.15, -0.1) is 0 Å². The topological polar surface area (TPSA) is 155 Å². The molecule has 29 heavy (non-hydrogen) atoms. The molecule has 0 aliphatic carbocycles. The van der Waals surface area contributed by atoms with Crippen molar-refractivity contribution in [1.82, 2.24) is 20.2 Å². The Morgan fingerprint density at radius 3 is 2.76 bits per heavy atom. The van der Waals surface area contributed by atoms with Gasteiger partial charge in [0.25, 0.3) is 5.69 Å². The molecule has 4 rings (SSSR count). The van der Waals surface area contributed by atoms with Gasteiger partial charge in [-0.1, -0.05) is 17.2 Å². The van der Waals surface area contributed by atoms with Crippen LogP contribution in [0.15, 0.2) is 58.3 Å². The third-order valence-corrected chi connectivity index (χ3v) is 4.32. The number of methoxy groups -OCH3 is 1. The summed E-state index contributed by atoms with van der Waals surface area (Å²) >= 11 is 0. The van der Waals surface area contributed by atoms with Crippen LogP contribution in [-0.4, -0.2) is 44.0 Å². The number of esters is 1. The van der Waals surface area contributed by atoms with Gasteiger partial charge in [-0.25, -0.2) is 4.79 Å². The number of benzene rings is 1. The number of nitrogens with one attached hydrogen (secondary N) is 1. The first-order valence-corrected chi connectivity index (χ1v) is 8.21. The number of tetrazole rings is 1. The number of ether oxygens (including phenoxy) is 1. The first kappa shape index (κ1) is 18.0. The van der Waals surface area contributed by atoms with Crippen LogP contribution >= 0.6 is 0 Å². The summed E-state index contributed by atoms with van der Waals surface area (Å²) in [6, 6.07) is 7.55. The minimum Gasteiger partial charge on any atom is -0.464 e. The van der Waals surface area contributed by atoms with Gasteiger partial charge in [0.2, 0.25) is 11.7 Å². The molecular weight excluding hydrogens is 384 g/mol. The summed E-state index contributed by atoms with van der Waals surface area (Å²) in [6.07, 6.45) is 1.30. The molecule has 0 bridgehead atoms. The highest BCUT2D eigenvalue weighted by atomic mass is 16.6. The maximum atomic E-state index is 13.2. The Balaban J connectivity index is 2.02. The monoisotopic (exact) mass is 396 g/mol. The number of furan rings is 1. The second kappa shape index (κ2) is 6.99. The third kappa shape index (κ3) is 2.92. The summed E-state index contributed by atoms with van der Waals surface area (Å²) in [7, 11) is 1.14. The molecule has 2 aromatic heterocycles. The van der Waals surface area contributed by atoms with Crippen LogP contribution in [0.2, 0.25) is 0 Å². The lowest BCUT2D eigenvalue weighted by Gasteiger charge is -2.27. The van der Waals surface area contributed by atoms with E-state index in [1.54, 1.807) is 6.07 Å². The largest absolute Gasteiger partial charge is 0.464 e. The summed E-state index contributed by atoms with van der Waals surface area (Å²) in [5.74, 6) is -1.59. The number of hydrogen-bond acceptors (Lipinski definition) is 10. The summed E-state index contributed by atoms with van der Waals surface area (Å²) in [6.45, 7) is 0. The molecule has 1 aliphatic heterocycles. The van der Waals surface area contributed by atoms with E-state index in [1.807, 2.05) is 0 Å². The number of nitro benzene ring substituents is 1. The van der Waals surface area contributed by atoms with E-state index in [1.165, 1.54) is 41.3 Å². The fourth-order valence-corrected chi connectivity index (χ4v) is 3.10. The van der Waals surface area contributed by atoms with Gasteiger partial charge in [0.05, 0.1) is 29.4 Å². The van der Waals surface area contributed by atoms with Crippen molar-refractivity contribution >= 4 is 23.4 Å². The predicted molar refractivity (Wildman–Crippen MR) is 94.8 cm³/mol. The number of ketones is 1. The van der Waals surface area contributed by atoms with E-state index >= 15 is 0 Å². The van der Waals surface area contributed by atoms with Gasteiger partial charge in [-0.2, -0.15) is 4.68 Å². The molecule has 1 aromatic carbocycles. The number of hydrogen-bond donors (Lipinski definition) is 1. The first-order chi connectivity index (χ1) is 14.0. The van der Waals surface area contributed by atoms with Gasteiger partial charge in [-0.05, 0) is 28.6 Å². The number of carbonyl (C=O) groups is 2. The van der Waals surface area contributed by atoms with Crippen molar-refractivity contribution in [2.45, 2.75) is 6.04 Å². The number of fused-ring (bicyclic) bond motifs is 1. The van der Waals surface area contributed by atoms with Crippen molar-refractivity contribution in [1.29, 1.82) is 0 Å². The van der Waals surface area contributed by atoms with E-state index in [-0.39, 0.29) is 34.2 Å². The third-order valence-electron chi connectivity index (χ3n) is 4.32. The van der Waals surface area contributed by atoms with E-state index in [0.717, 1.165) is 7.11 Å². The van der Waals surface area contributed by atoms with Gasteiger partial charge < -0.3 is 14.5 Å². The van der Waals surface area contributed by atoms with Gasteiger partial charge in [0.1, 0.15) is 11.7 Å². The number of nitro groups is 1. The van der Waals surface area contributed by atoms with Crippen LogP contribution in [0.1, 0.15) is 22.2 Å². The van der Waals surface area contributed by atoms with Crippen molar-refractivity contribution in [3.05, 3.63) is 75.4 Å². The smallest absolute Gasteiger partial charge is 0.355 e. The molecule has 0 spiro atoms. The molecule has 0 unspecified atom stereocenters. The van der Waals surface area contributed by atoms with Crippen LogP contribution in [-0.2, 0) is 9.53 Å². The minimum absolute atomic E-state index is 0.0181. The van der Waals surface area contributed by atoms with E-state index in [2.05, 4.69) is 20.8 Å². The normalized spacial score (nSPS) is 15.4. The minimum atomic E-state index is -1.17. The highest BCUT2D eigenvalue weighted by Gasteiger charge is 2.41. The quantitative estimate of drug-likeness (QED) is 0.290. The number of Topliss-reactive ketones (excluding diaryl/α,β-unsaturated/α-hetero) is 1. The highest BCUT2D eigenvalue weighted by Crippen LogP contribution is 2.39. The maximum Gasteiger partial charge on any atom is 0.355 e. The fraction of sp³-hybridized carbons (Fsp3) is 0.118. The van der Waals surface area contributed by atoms with Crippen molar-refractivity contribution in [3.8, 4) is 0 Å². The zero-order valence-electron chi connectivity index (χ0n) is 14.8. The van der Waals surface area contributed by atoms with Crippen LogP contribution < -0.4 is 5.32 Å². The summed E-state index contributed by atoms with van der Waals surface area (Å²) < 4.78 is 11.2. The number of para-hydroxylation sites is 1. The Hall–Kier alpha value is -4.35. The Morgan fingerprint density at radius 2 is 2.07 bits per heavy atom. The van der Waals surface area contributed by atoms with Crippen molar-refractivity contribution in [2.75, 3.05) is 12.4 Å². The maximum absolute atomic E-state index is 13.2. The molecule has 0 saturated heterocycles. The van der Waals surface area contributed by atoms with Crippen molar-refractivity contribution in [3.63, 3.8) is 0 Å². The molecule has 3 heterocycles. The van der Waals surface area contributed by atoms with Crippen LogP contribution in [0.3, 0.4) is 0 Å². The number of rotatable bonds is 5. The summed E-state index contributed by atoms with van der Waals surface area (Å²) in [4.78, 5) is 36.7. The second-order valence-electron chi connectivity index (χ2n) is 5.88. The highest BCUT2D eigenvalue weighted by molar-refractivity contribution is 6.13. The molecule has 0 saturated carbocycles. The molecule has 3 aromatic rings. The molecular formula is C17H12N6O6. The Bertz CT molecular complexity index is 1150.